The number of hydrogen-bond acceptors (Lipinski definition) is 3. The quantitative estimate of drug-likeness (QED) is 0.525. The Bertz CT molecular complexity index is 164. The Morgan fingerprint density at radius 1 is 1.78 bits per heavy atom. The molecule has 1 rings (SSSR count). The molecule has 0 spiro atoms. The highest BCUT2D eigenvalue weighted by Gasteiger charge is 2.18. The number of hydrogen-bond donors (Lipinski definition) is 2. The Kier molecular flexibility index (Phi) is 1.40. The van der Waals surface area contributed by atoms with Gasteiger partial charge in [0.15, 0.2) is 0 Å². The molecule has 0 fully saturated rings. The van der Waals surface area contributed by atoms with E-state index in [1.54, 1.807) is 0 Å². The molecule has 9 heavy (non-hydrogen) atoms. The van der Waals surface area contributed by atoms with Gasteiger partial charge in [0.1, 0.15) is 5.70 Å². The Morgan fingerprint density at radius 3 is 2.67 bits per heavy atom. The van der Waals surface area contributed by atoms with Gasteiger partial charge in [-0.05, 0) is 12.5 Å². The van der Waals surface area contributed by atoms with Crippen LogP contribution in [-0.4, -0.2) is 27.9 Å². The van der Waals surface area contributed by atoms with Gasteiger partial charge < -0.3 is 5.11 Å². The number of hydroxylamine groups is 2. The summed E-state index contributed by atoms with van der Waals surface area (Å²) in [5, 5.41) is 17.8. The second kappa shape index (κ2) is 2.06. The van der Waals surface area contributed by atoms with Crippen molar-refractivity contribution in [1.29, 1.82) is 0 Å². The number of carboxylic acid groups (broad SMARTS) is 1. The van der Waals surface area contributed by atoms with Crippen LogP contribution in [0.4, 0.5) is 0 Å². The molecule has 1 aliphatic rings. The average molecular weight is 129 g/mol. The number of rotatable bonds is 1. The smallest absolute Gasteiger partial charge is 0.354 e. The van der Waals surface area contributed by atoms with E-state index in [1.807, 2.05) is 0 Å². The molecule has 1 aliphatic heterocycles. The van der Waals surface area contributed by atoms with E-state index < -0.39 is 5.97 Å². The predicted molar refractivity (Wildman–Crippen MR) is 28.8 cm³/mol. The van der Waals surface area contributed by atoms with E-state index in [-0.39, 0.29) is 5.70 Å². The second-order valence-corrected chi connectivity index (χ2v) is 1.81. The van der Waals surface area contributed by atoms with Crippen molar-refractivity contribution in [3.63, 3.8) is 0 Å². The molecule has 0 aliphatic carbocycles. The monoisotopic (exact) mass is 129 g/mol. The molecule has 0 bridgehead atoms. The lowest BCUT2D eigenvalue weighted by molar-refractivity contribution is -0.140. The van der Waals surface area contributed by atoms with Gasteiger partial charge in [-0.25, -0.2) is 9.86 Å². The van der Waals surface area contributed by atoms with E-state index in [0.717, 1.165) is 5.06 Å². The standard InChI is InChI=1S/C5H7NO3/c7-5(8)4-2-1-3-6(4)9/h2,9H,1,3H2,(H,7,8). The van der Waals surface area contributed by atoms with Crippen LogP contribution < -0.4 is 0 Å². The van der Waals surface area contributed by atoms with Gasteiger partial charge in [-0.3, -0.25) is 5.21 Å². The van der Waals surface area contributed by atoms with Crippen molar-refractivity contribution in [2.45, 2.75) is 6.42 Å². The molecular weight excluding hydrogens is 122 g/mol. The Morgan fingerprint density at radius 2 is 2.44 bits per heavy atom. The zero-order valence-electron chi connectivity index (χ0n) is 4.74. The van der Waals surface area contributed by atoms with Crippen LogP contribution in [0.1, 0.15) is 6.42 Å². The van der Waals surface area contributed by atoms with Crippen molar-refractivity contribution >= 4 is 5.97 Å². The molecule has 0 amide bonds. The highest BCUT2D eigenvalue weighted by atomic mass is 16.5. The van der Waals surface area contributed by atoms with E-state index in [4.69, 9.17) is 10.3 Å². The van der Waals surface area contributed by atoms with E-state index in [1.165, 1.54) is 6.08 Å². The fourth-order valence-corrected chi connectivity index (χ4v) is 0.747. The molecule has 0 aromatic rings. The lowest BCUT2D eigenvalue weighted by atomic mass is 10.4. The lowest BCUT2D eigenvalue weighted by Crippen LogP contribution is -2.19. The maximum Gasteiger partial charge on any atom is 0.354 e. The molecule has 4 heteroatoms. The summed E-state index contributed by atoms with van der Waals surface area (Å²) >= 11 is 0. The van der Waals surface area contributed by atoms with Crippen molar-refractivity contribution in [3.8, 4) is 0 Å². The summed E-state index contributed by atoms with van der Waals surface area (Å²) in [5.74, 6) is -1.07. The highest BCUT2D eigenvalue weighted by Crippen LogP contribution is 2.10. The third-order valence-corrected chi connectivity index (χ3v) is 1.18. The van der Waals surface area contributed by atoms with Crippen LogP contribution in [0.3, 0.4) is 0 Å². The number of carboxylic acids is 1. The summed E-state index contributed by atoms with van der Waals surface area (Å²) in [6.45, 7) is 0.391. The molecular formula is C5H7NO3. The van der Waals surface area contributed by atoms with Crippen LogP contribution in [0.5, 0.6) is 0 Å². The van der Waals surface area contributed by atoms with E-state index in [0.29, 0.717) is 13.0 Å². The minimum Gasteiger partial charge on any atom is -0.477 e. The number of nitrogens with zero attached hydrogens (tertiary/aromatic N) is 1. The van der Waals surface area contributed by atoms with Gasteiger partial charge in [-0.1, -0.05) is 0 Å². The summed E-state index contributed by atoms with van der Waals surface area (Å²) in [7, 11) is 0. The third-order valence-electron chi connectivity index (χ3n) is 1.18. The van der Waals surface area contributed by atoms with Gasteiger partial charge in [0.05, 0.1) is 0 Å². The maximum absolute atomic E-state index is 10.1. The van der Waals surface area contributed by atoms with Crippen LogP contribution in [0.15, 0.2) is 11.8 Å². The maximum atomic E-state index is 10.1. The molecule has 2 N–H and O–H groups in total. The molecule has 4 nitrogen and oxygen atoms in total. The third kappa shape index (κ3) is 1.02. The van der Waals surface area contributed by atoms with Crippen LogP contribution in [0, 0.1) is 0 Å². The molecule has 0 radical (unpaired) electrons. The first kappa shape index (κ1) is 6.10. The fourth-order valence-electron chi connectivity index (χ4n) is 0.747. The minimum atomic E-state index is -1.07. The van der Waals surface area contributed by atoms with Crippen molar-refractivity contribution in [2.75, 3.05) is 6.54 Å². The minimum absolute atomic E-state index is 0.0185. The normalized spacial score (nSPS) is 17.9. The molecule has 0 saturated carbocycles. The molecule has 0 saturated heterocycles. The van der Waals surface area contributed by atoms with Gasteiger partial charge in [-0.15, -0.1) is 0 Å². The topological polar surface area (TPSA) is 60.8 Å². The van der Waals surface area contributed by atoms with Gasteiger partial charge >= 0.3 is 5.97 Å². The molecule has 0 aromatic heterocycles. The Labute approximate surface area is 52.0 Å². The molecule has 0 atom stereocenters. The SMILES string of the molecule is O=C(O)C1=CCCN1O. The first-order chi connectivity index (χ1) is 4.22. The first-order valence-corrected chi connectivity index (χ1v) is 2.61. The summed E-state index contributed by atoms with van der Waals surface area (Å²) in [5.41, 5.74) is -0.0185. The van der Waals surface area contributed by atoms with Crippen molar-refractivity contribution in [3.05, 3.63) is 11.8 Å². The zero-order chi connectivity index (χ0) is 6.85. The Balaban J connectivity index is 2.68. The van der Waals surface area contributed by atoms with Crippen LogP contribution in [0.25, 0.3) is 0 Å². The average Bonchev–Trinajstić information content (AvgIpc) is 2.13. The highest BCUT2D eigenvalue weighted by molar-refractivity contribution is 5.85. The largest absolute Gasteiger partial charge is 0.477 e. The summed E-state index contributed by atoms with van der Waals surface area (Å²) in [6, 6.07) is 0. The van der Waals surface area contributed by atoms with Gasteiger partial charge in [-0.2, -0.15) is 0 Å². The summed E-state index contributed by atoms with van der Waals surface area (Å²) < 4.78 is 0. The molecule has 0 unspecified atom stereocenters. The van der Waals surface area contributed by atoms with Gasteiger partial charge in [0.25, 0.3) is 0 Å². The van der Waals surface area contributed by atoms with Gasteiger partial charge in [0.2, 0.25) is 0 Å². The van der Waals surface area contributed by atoms with Crippen LogP contribution in [-0.2, 0) is 4.79 Å². The number of aliphatic carboxylic acids is 1. The van der Waals surface area contributed by atoms with Crippen LogP contribution in [0.2, 0.25) is 0 Å². The zero-order valence-corrected chi connectivity index (χ0v) is 4.74. The number of carbonyl (C=O) groups is 1. The van der Waals surface area contributed by atoms with Crippen molar-refractivity contribution < 1.29 is 15.1 Å². The van der Waals surface area contributed by atoms with Crippen molar-refractivity contribution in [2.24, 2.45) is 0 Å². The lowest BCUT2D eigenvalue weighted by Gasteiger charge is -2.08. The molecule has 1 heterocycles. The van der Waals surface area contributed by atoms with Crippen molar-refractivity contribution in [1.82, 2.24) is 5.06 Å². The Hall–Kier alpha value is -1.03. The molecule has 0 aromatic carbocycles. The fraction of sp³-hybridized carbons (Fsp3) is 0.400. The predicted octanol–water partition coefficient (Wildman–Crippen LogP) is 0.0498. The van der Waals surface area contributed by atoms with Crippen LogP contribution >= 0.6 is 0 Å². The second-order valence-electron chi connectivity index (χ2n) is 1.81. The summed E-state index contributed by atoms with van der Waals surface area (Å²) in [4.78, 5) is 10.1. The van der Waals surface area contributed by atoms with E-state index in [2.05, 4.69) is 0 Å². The van der Waals surface area contributed by atoms with Gasteiger partial charge in [0, 0.05) is 6.54 Å². The first-order valence-electron chi connectivity index (χ1n) is 2.61. The summed E-state index contributed by atoms with van der Waals surface area (Å²) in [6.07, 6.45) is 2.10. The molecule has 50 valence electrons. The van der Waals surface area contributed by atoms with E-state index >= 15 is 0 Å². The van der Waals surface area contributed by atoms with E-state index in [9.17, 15) is 4.79 Å².